The zero-order valence-electron chi connectivity index (χ0n) is 15.2. The average Bonchev–Trinajstić information content (AvgIpc) is 3.21. The molecular formula is C19H25N3O4. The standard InChI is InChI=1S/C19H25N3O4/c1-11-3-4-14-15(7-11)21-16(20-14)9-25-10-17(23)22-18-12-5-6-26-19(12)13(18)8-24-2/h3-4,7,12-13,18-19H,5-6,8-10H2,1-2H3,(H,20,21)(H,22,23)/t12-,13-,18-,19-/m0/s1. The highest BCUT2D eigenvalue weighted by atomic mass is 16.5. The van der Waals surface area contributed by atoms with Crippen molar-refractivity contribution in [3.05, 3.63) is 29.6 Å². The van der Waals surface area contributed by atoms with Crippen LogP contribution in [-0.4, -0.2) is 55.0 Å². The third kappa shape index (κ3) is 3.34. The quantitative estimate of drug-likeness (QED) is 0.784. The van der Waals surface area contributed by atoms with Gasteiger partial charge in [0.1, 0.15) is 19.0 Å². The molecule has 1 saturated heterocycles. The van der Waals surface area contributed by atoms with Crippen LogP contribution in [0.2, 0.25) is 0 Å². The second-order valence-electron chi connectivity index (χ2n) is 7.20. The summed E-state index contributed by atoms with van der Waals surface area (Å²) in [4.78, 5) is 19.9. The van der Waals surface area contributed by atoms with Crippen LogP contribution in [0.1, 0.15) is 17.8 Å². The summed E-state index contributed by atoms with van der Waals surface area (Å²) in [6, 6.07) is 6.17. The summed E-state index contributed by atoms with van der Waals surface area (Å²) in [5.41, 5.74) is 3.06. The molecule has 26 heavy (non-hydrogen) atoms. The first-order valence-electron chi connectivity index (χ1n) is 9.08. The number of nitrogens with one attached hydrogen (secondary N) is 2. The van der Waals surface area contributed by atoms with Crippen molar-refractivity contribution in [1.82, 2.24) is 15.3 Å². The monoisotopic (exact) mass is 359 g/mol. The van der Waals surface area contributed by atoms with Gasteiger partial charge >= 0.3 is 0 Å². The maximum absolute atomic E-state index is 12.2. The minimum absolute atomic E-state index is 0.0184. The van der Waals surface area contributed by atoms with Crippen molar-refractivity contribution >= 4 is 16.9 Å². The zero-order chi connectivity index (χ0) is 18.1. The molecule has 7 nitrogen and oxygen atoms in total. The number of benzene rings is 1. The summed E-state index contributed by atoms with van der Waals surface area (Å²) in [6.07, 6.45) is 1.22. The van der Waals surface area contributed by atoms with Gasteiger partial charge in [-0.15, -0.1) is 0 Å². The molecule has 1 aliphatic heterocycles. The van der Waals surface area contributed by atoms with E-state index in [4.69, 9.17) is 14.2 Å². The first-order valence-corrected chi connectivity index (χ1v) is 9.08. The van der Waals surface area contributed by atoms with E-state index in [2.05, 4.69) is 15.3 Å². The van der Waals surface area contributed by atoms with Gasteiger partial charge in [-0.2, -0.15) is 0 Å². The molecule has 0 spiro atoms. The fraction of sp³-hybridized carbons (Fsp3) is 0.579. The van der Waals surface area contributed by atoms with Gasteiger partial charge in [0.25, 0.3) is 0 Å². The minimum Gasteiger partial charge on any atom is -0.384 e. The van der Waals surface area contributed by atoms with Gasteiger partial charge in [-0.3, -0.25) is 4.79 Å². The van der Waals surface area contributed by atoms with E-state index >= 15 is 0 Å². The van der Waals surface area contributed by atoms with Gasteiger partial charge in [-0.1, -0.05) is 6.07 Å². The molecule has 2 N–H and O–H groups in total. The topological polar surface area (TPSA) is 85.5 Å². The van der Waals surface area contributed by atoms with Crippen LogP contribution >= 0.6 is 0 Å². The third-order valence-electron chi connectivity index (χ3n) is 5.37. The lowest BCUT2D eigenvalue weighted by atomic mass is 9.67. The maximum Gasteiger partial charge on any atom is 0.246 e. The van der Waals surface area contributed by atoms with Crippen LogP contribution in [0.15, 0.2) is 18.2 Å². The number of hydrogen-bond donors (Lipinski definition) is 2. The molecule has 1 aromatic heterocycles. The van der Waals surface area contributed by atoms with Gasteiger partial charge in [0, 0.05) is 31.6 Å². The molecule has 1 aliphatic carbocycles. The molecule has 0 bridgehead atoms. The Labute approximate surface area is 152 Å². The SMILES string of the molecule is COC[C@H]1[C@@H](NC(=O)COCc2nc3ccc(C)cc3[nH]2)[C@@H]2CCO[C@@H]21. The molecule has 1 aromatic carbocycles. The Balaban J connectivity index is 1.27. The van der Waals surface area contributed by atoms with Crippen molar-refractivity contribution in [1.29, 1.82) is 0 Å². The van der Waals surface area contributed by atoms with Crippen LogP contribution in [0.25, 0.3) is 11.0 Å². The zero-order valence-corrected chi connectivity index (χ0v) is 15.2. The highest BCUT2D eigenvalue weighted by Crippen LogP contribution is 2.43. The van der Waals surface area contributed by atoms with E-state index in [1.54, 1.807) is 7.11 Å². The number of carbonyl (C=O) groups is 1. The molecule has 140 valence electrons. The number of aromatic amines is 1. The van der Waals surface area contributed by atoms with Crippen molar-refractivity contribution in [2.24, 2.45) is 11.8 Å². The van der Waals surface area contributed by atoms with Crippen molar-refractivity contribution in [3.8, 4) is 0 Å². The lowest BCUT2D eigenvalue weighted by molar-refractivity contribution is -0.134. The molecule has 1 amide bonds. The lowest BCUT2D eigenvalue weighted by Crippen LogP contribution is -2.63. The van der Waals surface area contributed by atoms with Gasteiger partial charge in [0.05, 0.1) is 23.7 Å². The van der Waals surface area contributed by atoms with Crippen LogP contribution in [0, 0.1) is 18.8 Å². The molecule has 2 aromatic rings. The summed E-state index contributed by atoms with van der Waals surface area (Å²) in [5, 5.41) is 3.09. The van der Waals surface area contributed by atoms with Gasteiger partial charge < -0.3 is 24.5 Å². The average molecular weight is 359 g/mol. The maximum atomic E-state index is 12.2. The third-order valence-corrected chi connectivity index (χ3v) is 5.37. The molecule has 2 heterocycles. The summed E-state index contributed by atoms with van der Waals surface area (Å²) >= 11 is 0. The molecule has 2 aliphatic rings. The number of carbonyl (C=O) groups excluding carboxylic acids is 1. The Morgan fingerprint density at radius 3 is 3.19 bits per heavy atom. The summed E-state index contributed by atoms with van der Waals surface area (Å²) < 4.78 is 16.5. The van der Waals surface area contributed by atoms with Crippen molar-refractivity contribution < 1.29 is 19.0 Å². The molecule has 1 saturated carbocycles. The van der Waals surface area contributed by atoms with Gasteiger partial charge in [0.2, 0.25) is 5.91 Å². The largest absolute Gasteiger partial charge is 0.384 e. The van der Waals surface area contributed by atoms with E-state index in [1.165, 1.54) is 5.56 Å². The first-order chi connectivity index (χ1) is 12.7. The predicted octanol–water partition coefficient (Wildman–Crippen LogP) is 1.55. The van der Waals surface area contributed by atoms with E-state index in [9.17, 15) is 4.79 Å². The van der Waals surface area contributed by atoms with Crippen molar-refractivity contribution in [2.45, 2.75) is 32.1 Å². The first kappa shape index (κ1) is 17.5. The van der Waals surface area contributed by atoms with Crippen molar-refractivity contribution in [3.63, 3.8) is 0 Å². The minimum atomic E-state index is -0.103. The molecule has 0 unspecified atom stereocenters. The highest BCUT2D eigenvalue weighted by molar-refractivity contribution is 5.78. The normalized spacial score (nSPS) is 27.3. The number of methoxy groups -OCH3 is 1. The van der Waals surface area contributed by atoms with E-state index < -0.39 is 0 Å². The number of H-pyrrole nitrogens is 1. The Hall–Kier alpha value is -1.96. The number of hydrogen-bond acceptors (Lipinski definition) is 5. The molecule has 4 rings (SSSR count). The second-order valence-corrected chi connectivity index (χ2v) is 7.20. The molecule has 7 heteroatoms. The number of fused-ring (bicyclic) bond motifs is 2. The predicted molar refractivity (Wildman–Crippen MR) is 95.6 cm³/mol. The Morgan fingerprint density at radius 1 is 1.46 bits per heavy atom. The molecule has 4 atom stereocenters. The molecule has 2 fully saturated rings. The fourth-order valence-electron chi connectivity index (χ4n) is 4.15. The van der Waals surface area contributed by atoms with E-state index in [0.717, 1.165) is 29.9 Å². The lowest BCUT2D eigenvalue weighted by Gasteiger charge is -2.47. The number of amides is 1. The van der Waals surface area contributed by atoms with E-state index in [1.807, 2.05) is 25.1 Å². The van der Waals surface area contributed by atoms with Gasteiger partial charge in [-0.05, 0) is 31.0 Å². The van der Waals surface area contributed by atoms with Crippen LogP contribution < -0.4 is 5.32 Å². The van der Waals surface area contributed by atoms with E-state index in [-0.39, 0.29) is 37.2 Å². The number of aryl methyl sites for hydroxylation is 1. The number of imidazole rings is 1. The second kappa shape index (κ2) is 7.34. The number of rotatable bonds is 7. The summed E-state index contributed by atoms with van der Waals surface area (Å²) in [5.74, 6) is 1.25. The summed E-state index contributed by atoms with van der Waals surface area (Å²) in [7, 11) is 1.68. The van der Waals surface area contributed by atoms with Crippen LogP contribution in [0.4, 0.5) is 0 Å². The van der Waals surface area contributed by atoms with Gasteiger partial charge in [-0.25, -0.2) is 4.98 Å². The smallest absolute Gasteiger partial charge is 0.246 e. The summed E-state index contributed by atoms with van der Waals surface area (Å²) in [6.45, 7) is 3.71. The highest BCUT2D eigenvalue weighted by Gasteiger charge is 2.54. The van der Waals surface area contributed by atoms with E-state index in [0.29, 0.717) is 12.5 Å². The Morgan fingerprint density at radius 2 is 2.35 bits per heavy atom. The van der Waals surface area contributed by atoms with Crippen LogP contribution in [-0.2, 0) is 25.6 Å². The van der Waals surface area contributed by atoms with Crippen molar-refractivity contribution in [2.75, 3.05) is 26.9 Å². The number of aromatic nitrogens is 2. The number of nitrogens with zero attached hydrogens (tertiary/aromatic N) is 1. The van der Waals surface area contributed by atoms with Gasteiger partial charge in [0.15, 0.2) is 0 Å². The van der Waals surface area contributed by atoms with Crippen LogP contribution in [0.5, 0.6) is 0 Å². The Bertz CT molecular complexity index is 790. The Kier molecular flexibility index (Phi) is 4.93. The fourth-order valence-corrected chi connectivity index (χ4v) is 4.15. The molecular weight excluding hydrogens is 334 g/mol. The number of ether oxygens (including phenoxy) is 3. The van der Waals surface area contributed by atoms with Crippen LogP contribution in [0.3, 0.4) is 0 Å². The molecule has 0 radical (unpaired) electrons.